The Morgan fingerprint density at radius 2 is 1.75 bits per heavy atom. The molecule has 0 amide bonds. The highest BCUT2D eigenvalue weighted by atomic mass is 35.5. The largest absolute Gasteiger partial charge is 0.435 e. The molecule has 24 heavy (non-hydrogen) atoms. The Hall–Kier alpha value is -1.41. The van der Waals surface area contributed by atoms with E-state index < -0.39 is 16.6 Å². The number of ether oxygens (including phenoxy) is 1. The zero-order chi connectivity index (χ0) is 17.9. The molecule has 2 aromatic carbocycles. The molecule has 130 valence electrons. The van der Waals surface area contributed by atoms with Gasteiger partial charge in [-0.25, -0.2) is 8.42 Å². The molecular formula is C15H13Cl2F2NO3S. The summed E-state index contributed by atoms with van der Waals surface area (Å²) in [5.41, 5.74) is 0.598. The molecule has 0 heterocycles. The normalized spacial score (nSPS) is 12.0. The second-order valence-electron chi connectivity index (χ2n) is 4.84. The molecule has 0 spiro atoms. The summed E-state index contributed by atoms with van der Waals surface area (Å²) in [5, 5.41) is 0.0892. The van der Waals surface area contributed by atoms with Gasteiger partial charge in [-0.3, -0.25) is 0 Å². The van der Waals surface area contributed by atoms with Gasteiger partial charge in [0, 0.05) is 13.6 Å². The maximum atomic E-state index is 12.6. The predicted octanol–water partition coefficient (Wildman–Crippen LogP) is 4.42. The maximum absolute atomic E-state index is 12.6. The van der Waals surface area contributed by atoms with E-state index in [0.29, 0.717) is 5.56 Å². The second kappa shape index (κ2) is 7.65. The van der Waals surface area contributed by atoms with Crippen molar-refractivity contribution in [1.29, 1.82) is 0 Å². The van der Waals surface area contributed by atoms with Gasteiger partial charge in [0.15, 0.2) is 0 Å². The quantitative estimate of drug-likeness (QED) is 0.727. The van der Waals surface area contributed by atoms with Gasteiger partial charge in [0.1, 0.15) is 10.6 Å². The predicted molar refractivity (Wildman–Crippen MR) is 88.2 cm³/mol. The number of halogens is 4. The zero-order valence-corrected chi connectivity index (χ0v) is 14.7. The van der Waals surface area contributed by atoms with Gasteiger partial charge in [0.25, 0.3) is 0 Å². The molecule has 0 aromatic heterocycles. The highest BCUT2D eigenvalue weighted by Gasteiger charge is 2.24. The van der Waals surface area contributed by atoms with Gasteiger partial charge < -0.3 is 4.74 Å². The summed E-state index contributed by atoms with van der Waals surface area (Å²) < 4.78 is 54.7. The molecule has 0 saturated carbocycles. The van der Waals surface area contributed by atoms with Gasteiger partial charge in [-0.1, -0.05) is 41.4 Å². The van der Waals surface area contributed by atoms with Crippen LogP contribution in [0.5, 0.6) is 5.75 Å². The molecule has 0 aliphatic heterocycles. The monoisotopic (exact) mass is 395 g/mol. The molecule has 0 N–H and O–H groups in total. The fourth-order valence-electron chi connectivity index (χ4n) is 1.97. The number of hydrogen-bond donors (Lipinski definition) is 0. The lowest BCUT2D eigenvalue weighted by molar-refractivity contribution is -0.0498. The third-order valence-electron chi connectivity index (χ3n) is 3.16. The molecule has 0 fully saturated rings. The Kier molecular flexibility index (Phi) is 6.03. The van der Waals surface area contributed by atoms with E-state index in [1.165, 1.54) is 49.5 Å². The Labute approximate surface area is 148 Å². The van der Waals surface area contributed by atoms with Crippen LogP contribution in [0.2, 0.25) is 10.0 Å². The molecule has 2 aromatic rings. The first-order valence-corrected chi connectivity index (χ1v) is 8.85. The van der Waals surface area contributed by atoms with Crippen LogP contribution in [0.15, 0.2) is 47.4 Å². The first-order valence-electron chi connectivity index (χ1n) is 6.66. The number of benzene rings is 2. The van der Waals surface area contributed by atoms with Crippen molar-refractivity contribution >= 4 is 33.2 Å². The molecule has 0 radical (unpaired) electrons. The minimum absolute atomic E-state index is 0.00264. The van der Waals surface area contributed by atoms with E-state index in [0.717, 1.165) is 4.31 Å². The van der Waals surface area contributed by atoms with Crippen LogP contribution in [0.4, 0.5) is 8.78 Å². The first-order chi connectivity index (χ1) is 11.2. The summed E-state index contributed by atoms with van der Waals surface area (Å²) in [6.45, 7) is -2.89. The van der Waals surface area contributed by atoms with Crippen LogP contribution in [0.1, 0.15) is 5.56 Å². The Morgan fingerprint density at radius 3 is 2.33 bits per heavy atom. The summed E-state index contributed by atoms with van der Waals surface area (Å²) in [5.74, 6) is -0.00264. The van der Waals surface area contributed by atoms with Crippen LogP contribution in [0.25, 0.3) is 0 Å². The zero-order valence-electron chi connectivity index (χ0n) is 12.4. The highest BCUT2D eigenvalue weighted by molar-refractivity contribution is 7.89. The van der Waals surface area contributed by atoms with Crippen molar-refractivity contribution < 1.29 is 21.9 Å². The van der Waals surface area contributed by atoms with Gasteiger partial charge in [0.2, 0.25) is 10.0 Å². The number of alkyl halides is 2. The second-order valence-corrected chi connectivity index (χ2v) is 7.63. The molecule has 9 heteroatoms. The lowest BCUT2D eigenvalue weighted by atomic mass is 10.2. The van der Waals surface area contributed by atoms with E-state index in [-0.39, 0.29) is 27.2 Å². The summed E-state index contributed by atoms with van der Waals surface area (Å²) in [6, 6.07) is 10.0. The Balaban J connectivity index is 2.19. The Morgan fingerprint density at radius 1 is 1.12 bits per heavy atom. The fraction of sp³-hybridized carbons (Fsp3) is 0.200. The third kappa shape index (κ3) is 4.36. The van der Waals surface area contributed by atoms with Crippen molar-refractivity contribution in [2.24, 2.45) is 0 Å². The molecule has 2 rings (SSSR count). The molecule has 0 atom stereocenters. The minimum Gasteiger partial charge on any atom is -0.435 e. The van der Waals surface area contributed by atoms with E-state index >= 15 is 0 Å². The van der Waals surface area contributed by atoms with Crippen LogP contribution in [0, 0.1) is 0 Å². The summed E-state index contributed by atoms with van der Waals surface area (Å²) in [6.07, 6.45) is 0. The third-order valence-corrected chi connectivity index (χ3v) is 5.93. The smallest absolute Gasteiger partial charge is 0.387 e. The molecule has 0 unspecified atom stereocenters. The summed E-state index contributed by atoms with van der Waals surface area (Å²) in [7, 11) is -2.47. The lowest BCUT2D eigenvalue weighted by Crippen LogP contribution is -2.26. The van der Waals surface area contributed by atoms with E-state index in [9.17, 15) is 17.2 Å². The molecule has 0 saturated heterocycles. The number of hydrogen-bond acceptors (Lipinski definition) is 3. The van der Waals surface area contributed by atoms with Crippen molar-refractivity contribution in [3.8, 4) is 5.75 Å². The highest BCUT2D eigenvalue weighted by Crippen LogP contribution is 2.31. The molecule has 0 bridgehead atoms. The lowest BCUT2D eigenvalue weighted by Gasteiger charge is -2.18. The molecule has 0 aliphatic carbocycles. The van der Waals surface area contributed by atoms with Crippen molar-refractivity contribution in [2.75, 3.05) is 7.05 Å². The van der Waals surface area contributed by atoms with E-state index in [1.807, 2.05) is 0 Å². The van der Waals surface area contributed by atoms with Gasteiger partial charge in [-0.05, 0) is 29.8 Å². The van der Waals surface area contributed by atoms with Crippen molar-refractivity contribution in [3.63, 3.8) is 0 Å². The fourth-order valence-corrected chi connectivity index (χ4v) is 3.86. The summed E-state index contributed by atoms with van der Waals surface area (Å²) >= 11 is 11.8. The van der Waals surface area contributed by atoms with Crippen LogP contribution in [-0.4, -0.2) is 26.4 Å². The topological polar surface area (TPSA) is 46.6 Å². The van der Waals surface area contributed by atoms with Crippen LogP contribution in [0.3, 0.4) is 0 Å². The average molecular weight is 396 g/mol. The maximum Gasteiger partial charge on any atom is 0.387 e. The molecular weight excluding hydrogens is 383 g/mol. The Bertz CT molecular complexity index is 814. The van der Waals surface area contributed by atoms with Gasteiger partial charge in [-0.15, -0.1) is 0 Å². The summed E-state index contributed by atoms with van der Waals surface area (Å²) in [4.78, 5) is -0.100. The SMILES string of the molecule is CN(Cc1ccc(OC(F)F)cc1)S(=O)(=O)c1cccc(Cl)c1Cl. The number of rotatable bonds is 6. The first kappa shape index (κ1) is 18.9. The van der Waals surface area contributed by atoms with Gasteiger partial charge in [-0.2, -0.15) is 13.1 Å². The average Bonchev–Trinajstić information content (AvgIpc) is 2.51. The van der Waals surface area contributed by atoms with Crippen LogP contribution >= 0.6 is 23.2 Å². The van der Waals surface area contributed by atoms with E-state index in [4.69, 9.17) is 23.2 Å². The van der Waals surface area contributed by atoms with E-state index in [1.54, 1.807) is 0 Å². The van der Waals surface area contributed by atoms with Crippen LogP contribution < -0.4 is 4.74 Å². The molecule has 4 nitrogen and oxygen atoms in total. The van der Waals surface area contributed by atoms with Crippen LogP contribution in [-0.2, 0) is 16.6 Å². The van der Waals surface area contributed by atoms with Gasteiger partial charge >= 0.3 is 6.61 Å². The van der Waals surface area contributed by atoms with Crippen molar-refractivity contribution in [3.05, 3.63) is 58.1 Å². The number of nitrogens with zero attached hydrogens (tertiary/aromatic N) is 1. The van der Waals surface area contributed by atoms with Crippen molar-refractivity contribution in [2.45, 2.75) is 18.1 Å². The van der Waals surface area contributed by atoms with Gasteiger partial charge in [0.05, 0.1) is 10.0 Å². The minimum atomic E-state index is -3.85. The number of sulfonamides is 1. The molecule has 0 aliphatic rings. The van der Waals surface area contributed by atoms with E-state index in [2.05, 4.69) is 4.74 Å². The van der Waals surface area contributed by atoms with Crippen molar-refractivity contribution in [1.82, 2.24) is 4.31 Å². The standard InChI is InChI=1S/C15H13Cl2F2NO3S/c1-20(9-10-5-7-11(8-6-10)23-15(18)19)24(21,22)13-4-2-3-12(16)14(13)17/h2-8,15H,9H2,1H3.